The SMILES string of the molecule is CC(NC(=O)NC1CCC(C(=O)O)CC1)c1cccc(OC(F)F)c1. The van der Waals surface area contributed by atoms with Crippen LogP contribution < -0.4 is 15.4 Å². The van der Waals surface area contributed by atoms with E-state index in [4.69, 9.17) is 5.11 Å². The summed E-state index contributed by atoms with van der Waals surface area (Å²) in [5.74, 6) is -1.09. The van der Waals surface area contributed by atoms with Gasteiger partial charge in [-0.15, -0.1) is 0 Å². The Morgan fingerprint density at radius 2 is 1.92 bits per heavy atom. The highest BCUT2D eigenvalue weighted by molar-refractivity contribution is 5.75. The van der Waals surface area contributed by atoms with E-state index in [0.29, 0.717) is 31.2 Å². The van der Waals surface area contributed by atoms with Gasteiger partial charge in [0.15, 0.2) is 0 Å². The lowest BCUT2D eigenvalue weighted by Crippen LogP contribution is -2.44. The van der Waals surface area contributed by atoms with E-state index in [1.807, 2.05) is 0 Å². The van der Waals surface area contributed by atoms with Crippen LogP contribution in [0.3, 0.4) is 0 Å². The quantitative estimate of drug-likeness (QED) is 0.730. The smallest absolute Gasteiger partial charge is 0.387 e. The van der Waals surface area contributed by atoms with Gasteiger partial charge < -0.3 is 20.5 Å². The highest BCUT2D eigenvalue weighted by atomic mass is 19.3. The van der Waals surface area contributed by atoms with Crippen molar-refractivity contribution in [3.8, 4) is 5.75 Å². The lowest BCUT2D eigenvalue weighted by atomic mass is 9.86. The van der Waals surface area contributed by atoms with Crippen LogP contribution in [0.5, 0.6) is 5.75 Å². The molecule has 1 aliphatic rings. The molecule has 6 nitrogen and oxygen atoms in total. The first-order chi connectivity index (χ1) is 11.8. The predicted molar refractivity (Wildman–Crippen MR) is 86.5 cm³/mol. The van der Waals surface area contributed by atoms with E-state index in [-0.39, 0.29) is 23.7 Å². The summed E-state index contributed by atoms with van der Waals surface area (Å²) in [6, 6.07) is 5.34. The molecule has 1 unspecified atom stereocenters. The van der Waals surface area contributed by atoms with Crippen molar-refractivity contribution in [1.82, 2.24) is 10.6 Å². The monoisotopic (exact) mass is 356 g/mol. The van der Waals surface area contributed by atoms with Gasteiger partial charge in [-0.2, -0.15) is 8.78 Å². The number of ether oxygens (including phenoxy) is 1. The van der Waals surface area contributed by atoms with Gasteiger partial charge in [0.1, 0.15) is 5.75 Å². The number of carboxylic acid groups (broad SMARTS) is 1. The summed E-state index contributed by atoms with van der Waals surface area (Å²) in [6.45, 7) is -1.16. The first kappa shape index (κ1) is 19.0. The Bertz CT molecular complexity index is 604. The van der Waals surface area contributed by atoms with Crippen LogP contribution >= 0.6 is 0 Å². The lowest BCUT2D eigenvalue weighted by Gasteiger charge is -2.27. The Morgan fingerprint density at radius 1 is 1.24 bits per heavy atom. The second-order valence-electron chi connectivity index (χ2n) is 6.18. The van der Waals surface area contributed by atoms with Gasteiger partial charge in [-0.05, 0) is 50.3 Å². The van der Waals surface area contributed by atoms with Gasteiger partial charge >= 0.3 is 18.6 Å². The Morgan fingerprint density at radius 3 is 2.52 bits per heavy atom. The zero-order valence-electron chi connectivity index (χ0n) is 13.9. The van der Waals surface area contributed by atoms with Crippen molar-refractivity contribution in [3.63, 3.8) is 0 Å². The fourth-order valence-corrected chi connectivity index (χ4v) is 2.95. The van der Waals surface area contributed by atoms with Gasteiger partial charge in [0.2, 0.25) is 0 Å². The number of benzene rings is 1. The minimum atomic E-state index is -2.90. The summed E-state index contributed by atoms with van der Waals surface area (Å²) < 4.78 is 28.9. The molecule has 2 amide bonds. The Hall–Kier alpha value is -2.38. The molecule has 1 aliphatic carbocycles. The van der Waals surface area contributed by atoms with E-state index in [1.165, 1.54) is 12.1 Å². The fraction of sp³-hybridized carbons (Fsp3) is 0.529. The van der Waals surface area contributed by atoms with E-state index < -0.39 is 18.6 Å². The number of urea groups is 1. The zero-order chi connectivity index (χ0) is 18.4. The van der Waals surface area contributed by atoms with E-state index >= 15 is 0 Å². The number of hydrogen-bond acceptors (Lipinski definition) is 3. The fourth-order valence-electron chi connectivity index (χ4n) is 2.95. The number of amides is 2. The Labute approximate surface area is 144 Å². The second kappa shape index (κ2) is 8.64. The molecule has 0 radical (unpaired) electrons. The molecular weight excluding hydrogens is 334 g/mol. The van der Waals surface area contributed by atoms with Crippen molar-refractivity contribution >= 4 is 12.0 Å². The number of carboxylic acids is 1. The van der Waals surface area contributed by atoms with E-state index in [1.54, 1.807) is 19.1 Å². The van der Waals surface area contributed by atoms with Crippen molar-refractivity contribution in [1.29, 1.82) is 0 Å². The highest BCUT2D eigenvalue weighted by Gasteiger charge is 2.26. The first-order valence-corrected chi connectivity index (χ1v) is 8.19. The van der Waals surface area contributed by atoms with Crippen molar-refractivity contribution in [2.24, 2.45) is 5.92 Å². The summed E-state index contributed by atoms with van der Waals surface area (Å²) in [6.07, 6.45) is 2.33. The molecule has 8 heteroatoms. The van der Waals surface area contributed by atoms with Crippen LogP contribution in [0.2, 0.25) is 0 Å². The molecule has 138 valence electrons. The van der Waals surface area contributed by atoms with Crippen molar-refractivity contribution < 1.29 is 28.2 Å². The molecule has 1 atom stereocenters. The Kier molecular flexibility index (Phi) is 6.55. The van der Waals surface area contributed by atoms with Crippen LogP contribution in [0.15, 0.2) is 24.3 Å². The molecule has 0 aliphatic heterocycles. The molecule has 0 aromatic heterocycles. The standard InChI is InChI=1S/C17H22F2N2O4/c1-10(12-3-2-4-14(9-12)25-16(18)19)20-17(24)21-13-7-5-11(6-8-13)15(22)23/h2-4,9-11,13,16H,5-8H2,1H3,(H,22,23)(H2,20,21,24). The number of hydrogen-bond donors (Lipinski definition) is 3. The lowest BCUT2D eigenvalue weighted by molar-refractivity contribution is -0.142. The van der Waals surface area contributed by atoms with Gasteiger partial charge in [0, 0.05) is 6.04 Å². The molecule has 0 heterocycles. The molecule has 2 rings (SSSR count). The van der Waals surface area contributed by atoms with Crippen molar-refractivity contribution in [2.45, 2.75) is 51.3 Å². The number of alkyl halides is 2. The van der Waals surface area contributed by atoms with Gasteiger partial charge in [0.25, 0.3) is 0 Å². The van der Waals surface area contributed by atoms with E-state index in [0.717, 1.165) is 0 Å². The third-order valence-corrected chi connectivity index (χ3v) is 4.34. The van der Waals surface area contributed by atoms with Crippen LogP contribution in [-0.2, 0) is 4.79 Å². The second-order valence-corrected chi connectivity index (χ2v) is 6.18. The molecule has 0 saturated heterocycles. The van der Waals surface area contributed by atoms with Gasteiger partial charge in [0.05, 0.1) is 12.0 Å². The minimum absolute atomic E-state index is 0.0357. The third-order valence-electron chi connectivity index (χ3n) is 4.34. The zero-order valence-corrected chi connectivity index (χ0v) is 13.9. The van der Waals surface area contributed by atoms with Crippen molar-refractivity contribution in [2.75, 3.05) is 0 Å². The summed E-state index contributed by atoms with van der Waals surface area (Å²) in [5, 5.41) is 14.6. The van der Waals surface area contributed by atoms with Crippen LogP contribution in [-0.4, -0.2) is 29.8 Å². The predicted octanol–water partition coefficient (Wildman–Crippen LogP) is 3.29. The number of carbonyl (C=O) groups is 2. The summed E-state index contributed by atoms with van der Waals surface area (Å²) in [7, 11) is 0. The summed E-state index contributed by atoms with van der Waals surface area (Å²) in [5.41, 5.74) is 0.642. The van der Waals surface area contributed by atoms with E-state index in [2.05, 4.69) is 15.4 Å². The maximum atomic E-state index is 12.3. The number of carbonyl (C=O) groups excluding carboxylic acids is 1. The average molecular weight is 356 g/mol. The molecule has 1 aromatic rings. The van der Waals surface area contributed by atoms with Crippen LogP contribution in [0.1, 0.15) is 44.2 Å². The molecule has 3 N–H and O–H groups in total. The van der Waals surface area contributed by atoms with Gasteiger partial charge in [-0.25, -0.2) is 4.79 Å². The van der Waals surface area contributed by atoms with Crippen LogP contribution in [0.25, 0.3) is 0 Å². The summed E-state index contributed by atoms with van der Waals surface area (Å²) >= 11 is 0. The number of halogens is 2. The maximum Gasteiger partial charge on any atom is 0.387 e. The number of rotatable bonds is 6. The largest absolute Gasteiger partial charge is 0.481 e. The van der Waals surface area contributed by atoms with Gasteiger partial charge in [-0.3, -0.25) is 4.79 Å². The average Bonchev–Trinajstić information content (AvgIpc) is 2.54. The molecule has 0 spiro atoms. The van der Waals surface area contributed by atoms with E-state index in [9.17, 15) is 18.4 Å². The van der Waals surface area contributed by atoms with Crippen molar-refractivity contribution in [3.05, 3.63) is 29.8 Å². The normalized spacial score (nSPS) is 21.4. The minimum Gasteiger partial charge on any atom is -0.481 e. The number of aliphatic carboxylic acids is 1. The topological polar surface area (TPSA) is 87.7 Å². The van der Waals surface area contributed by atoms with Crippen LogP contribution in [0.4, 0.5) is 13.6 Å². The molecule has 1 saturated carbocycles. The molecule has 1 aromatic carbocycles. The number of nitrogens with one attached hydrogen (secondary N) is 2. The third kappa shape index (κ3) is 5.88. The molecular formula is C17H22F2N2O4. The highest BCUT2D eigenvalue weighted by Crippen LogP contribution is 2.24. The molecule has 25 heavy (non-hydrogen) atoms. The van der Waals surface area contributed by atoms with Gasteiger partial charge in [-0.1, -0.05) is 12.1 Å². The van der Waals surface area contributed by atoms with Crippen LogP contribution in [0, 0.1) is 5.92 Å². The first-order valence-electron chi connectivity index (χ1n) is 8.19. The Balaban J connectivity index is 1.83. The maximum absolute atomic E-state index is 12.3. The summed E-state index contributed by atoms with van der Waals surface area (Å²) in [4.78, 5) is 23.0. The molecule has 1 fully saturated rings. The molecule has 0 bridgehead atoms.